The molecule has 140 valence electrons. The van der Waals surface area contributed by atoms with Gasteiger partial charge in [0.1, 0.15) is 12.3 Å². The third-order valence-electron chi connectivity index (χ3n) is 4.09. The Morgan fingerprint density at radius 3 is 2.70 bits per heavy atom. The average molecular weight is 386 g/mol. The van der Waals surface area contributed by atoms with Crippen LogP contribution in [0.5, 0.6) is 5.75 Å². The monoisotopic (exact) mass is 385 g/mol. The Bertz CT molecular complexity index is 865. The minimum Gasteiger partial charge on any atom is -0.482 e. The second-order valence-electron chi connectivity index (χ2n) is 6.09. The number of fused-ring (bicyclic) bond motifs is 1. The molecule has 0 aromatic heterocycles. The summed E-state index contributed by atoms with van der Waals surface area (Å²) in [6, 6.07) is 14.4. The van der Waals surface area contributed by atoms with Gasteiger partial charge in [0.05, 0.1) is 11.4 Å². The number of para-hydroxylation sites is 2. The van der Waals surface area contributed by atoms with Crippen molar-refractivity contribution < 1.29 is 14.3 Å². The summed E-state index contributed by atoms with van der Waals surface area (Å²) < 4.78 is 5.38. The van der Waals surface area contributed by atoms with Gasteiger partial charge in [-0.05, 0) is 36.2 Å². The largest absolute Gasteiger partial charge is 0.482 e. The van der Waals surface area contributed by atoms with Crippen molar-refractivity contribution in [2.75, 3.05) is 18.1 Å². The van der Waals surface area contributed by atoms with E-state index in [4.69, 9.17) is 16.3 Å². The van der Waals surface area contributed by atoms with E-state index >= 15 is 0 Å². The highest BCUT2D eigenvalue weighted by molar-refractivity contribution is 6.30. The van der Waals surface area contributed by atoms with E-state index in [0.717, 1.165) is 17.7 Å². The van der Waals surface area contributed by atoms with Crippen LogP contribution in [0, 0.1) is 0 Å². The number of ether oxygens (including phenoxy) is 1. The summed E-state index contributed by atoms with van der Waals surface area (Å²) in [5.74, 6) is -0.0526. The SMILES string of the molecule is CCC/C(=N/NC(=O)CN1C(=O)COc2ccccc21)c1ccc(Cl)cc1. The standard InChI is InChI=1S/C20H20ClN3O3/c1-2-5-16(14-8-10-15(21)11-9-14)22-23-19(25)12-24-17-6-3-4-7-18(17)27-13-20(24)26/h3-4,6-11H,2,5,12-13H2,1H3,(H,23,25)/b22-16-. The number of amides is 2. The van der Waals surface area contributed by atoms with Crippen LogP contribution in [0.15, 0.2) is 53.6 Å². The summed E-state index contributed by atoms with van der Waals surface area (Å²) in [7, 11) is 0. The lowest BCUT2D eigenvalue weighted by Gasteiger charge is -2.28. The molecule has 0 fully saturated rings. The zero-order chi connectivity index (χ0) is 19.2. The first-order chi connectivity index (χ1) is 13.1. The highest BCUT2D eigenvalue weighted by Crippen LogP contribution is 2.31. The van der Waals surface area contributed by atoms with E-state index in [1.807, 2.05) is 25.1 Å². The number of nitrogens with zero attached hydrogens (tertiary/aromatic N) is 2. The number of halogens is 1. The summed E-state index contributed by atoms with van der Waals surface area (Å²) in [4.78, 5) is 26.0. The first kappa shape index (κ1) is 18.9. The Kier molecular flexibility index (Phi) is 6.08. The molecular weight excluding hydrogens is 366 g/mol. The van der Waals surface area contributed by atoms with E-state index in [1.165, 1.54) is 4.90 Å². The predicted octanol–water partition coefficient (Wildman–Crippen LogP) is 3.39. The van der Waals surface area contributed by atoms with Gasteiger partial charge in [0.25, 0.3) is 11.8 Å². The van der Waals surface area contributed by atoms with Crippen molar-refractivity contribution in [3.8, 4) is 5.75 Å². The van der Waals surface area contributed by atoms with Crippen LogP contribution in [-0.2, 0) is 9.59 Å². The number of nitrogens with one attached hydrogen (secondary N) is 1. The molecular formula is C20H20ClN3O3. The van der Waals surface area contributed by atoms with Gasteiger partial charge in [0, 0.05) is 5.02 Å². The summed E-state index contributed by atoms with van der Waals surface area (Å²) in [5.41, 5.74) is 4.80. The fraction of sp³-hybridized carbons (Fsp3) is 0.250. The maximum atomic E-state index is 12.4. The van der Waals surface area contributed by atoms with Crippen LogP contribution in [0.4, 0.5) is 5.69 Å². The molecule has 6 nitrogen and oxygen atoms in total. The number of hydrogen-bond donors (Lipinski definition) is 1. The van der Waals surface area contributed by atoms with Crippen molar-refractivity contribution in [1.29, 1.82) is 0 Å². The molecule has 2 aromatic carbocycles. The minimum absolute atomic E-state index is 0.0839. The van der Waals surface area contributed by atoms with Gasteiger partial charge in [0.2, 0.25) is 0 Å². The van der Waals surface area contributed by atoms with Gasteiger partial charge in [-0.15, -0.1) is 0 Å². The van der Waals surface area contributed by atoms with Gasteiger partial charge in [-0.3, -0.25) is 14.5 Å². The van der Waals surface area contributed by atoms with Gasteiger partial charge in [-0.2, -0.15) is 5.10 Å². The van der Waals surface area contributed by atoms with Gasteiger partial charge in [0.15, 0.2) is 6.61 Å². The van der Waals surface area contributed by atoms with Gasteiger partial charge < -0.3 is 4.74 Å². The van der Waals surface area contributed by atoms with Gasteiger partial charge in [-0.25, -0.2) is 5.43 Å². The summed E-state index contributed by atoms with van der Waals surface area (Å²) in [6.45, 7) is 1.83. The number of anilines is 1. The molecule has 27 heavy (non-hydrogen) atoms. The highest BCUT2D eigenvalue weighted by Gasteiger charge is 2.26. The molecule has 0 atom stereocenters. The van der Waals surface area contributed by atoms with Gasteiger partial charge in [-0.1, -0.05) is 49.2 Å². The van der Waals surface area contributed by atoms with Crippen molar-refractivity contribution >= 4 is 34.8 Å². The molecule has 2 aromatic rings. The maximum Gasteiger partial charge on any atom is 0.265 e. The van der Waals surface area contributed by atoms with Crippen molar-refractivity contribution in [3.63, 3.8) is 0 Å². The lowest BCUT2D eigenvalue weighted by Crippen LogP contribution is -2.44. The fourth-order valence-corrected chi connectivity index (χ4v) is 2.91. The van der Waals surface area contributed by atoms with E-state index in [9.17, 15) is 9.59 Å². The normalized spacial score (nSPS) is 13.8. The average Bonchev–Trinajstić information content (AvgIpc) is 2.68. The Hall–Kier alpha value is -2.86. The van der Waals surface area contributed by atoms with E-state index < -0.39 is 0 Å². The number of benzene rings is 2. The first-order valence-corrected chi connectivity index (χ1v) is 9.10. The molecule has 7 heteroatoms. The lowest BCUT2D eigenvalue weighted by atomic mass is 10.1. The van der Waals surface area contributed by atoms with E-state index in [1.54, 1.807) is 30.3 Å². The zero-order valence-corrected chi connectivity index (χ0v) is 15.7. The van der Waals surface area contributed by atoms with Crippen LogP contribution in [0.2, 0.25) is 5.02 Å². The summed E-state index contributed by atoms with van der Waals surface area (Å²) >= 11 is 5.93. The van der Waals surface area contributed by atoms with Crippen LogP contribution in [-0.4, -0.2) is 30.7 Å². The van der Waals surface area contributed by atoms with Crippen molar-refractivity contribution in [1.82, 2.24) is 5.43 Å². The molecule has 0 aliphatic carbocycles. The van der Waals surface area contributed by atoms with E-state index in [0.29, 0.717) is 22.9 Å². The number of hydrogen-bond acceptors (Lipinski definition) is 4. The molecule has 3 rings (SSSR count). The smallest absolute Gasteiger partial charge is 0.265 e. The predicted molar refractivity (Wildman–Crippen MR) is 105 cm³/mol. The molecule has 1 aliphatic rings. The third-order valence-corrected chi connectivity index (χ3v) is 4.34. The minimum atomic E-state index is -0.373. The summed E-state index contributed by atoms with van der Waals surface area (Å²) in [5, 5.41) is 4.91. The van der Waals surface area contributed by atoms with Crippen LogP contribution >= 0.6 is 11.6 Å². The van der Waals surface area contributed by atoms with E-state index in [2.05, 4.69) is 10.5 Å². The number of carbonyl (C=O) groups excluding carboxylic acids is 2. The molecule has 0 bridgehead atoms. The molecule has 1 N–H and O–H groups in total. The number of hydrazone groups is 1. The molecule has 0 saturated carbocycles. The molecule has 0 radical (unpaired) electrons. The first-order valence-electron chi connectivity index (χ1n) is 8.72. The zero-order valence-electron chi connectivity index (χ0n) is 14.9. The third kappa shape index (κ3) is 4.65. The van der Waals surface area contributed by atoms with Gasteiger partial charge >= 0.3 is 0 Å². The Morgan fingerprint density at radius 1 is 1.22 bits per heavy atom. The van der Waals surface area contributed by atoms with Crippen molar-refractivity contribution in [3.05, 3.63) is 59.1 Å². The molecule has 0 unspecified atom stereocenters. The van der Waals surface area contributed by atoms with Crippen LogP contribution < -0.4 is 15.1 Å². The maximum absolute atomic E-state index is 12.4. The molecule has 0 saturated heterocycles. The van der Waals surface area contributed by atoms with Crippen LogP contribution in [0.25, 0.3) is 0 Å². The molecule has 1 heterocycles. The molecule has 1 aliphatic heterocycles. The Balaban J connectivity index is 1.71. The Morgan fingerprint density at radius 2 is 1.96 bits per heavy atom. The fourth-order valence-electron chi connectivity index (χ4n) is 2.78. The second kappa shape index (κ2) is 8.68. The quantitative estimate of drug-likeness (QED) is 0.612. The number of carbonyl (C=O) groups is 2. The molecule has 0 spiro atoms. The second-order valence-corrected chi connectivity index (χ2v) is 6.52. The lowest BCUT2D eigenvalue weighted by molar-refractivity contribution is -0.125. The van der Waals surface area contributed by atoms with Crippen LogP contribution in [0.1, 0.15) is 25.3 Å². The topological polar surface area (TPSA) is 71.0 Å². The van der Waals surface area contributed by atoms with Crippen molar-refractivity contribution in [2.45, 2.75) is 19.8 Å². The number of rotatable bonds is 6. The van der Waals surface area contributed by atoms with Crippen LogP contribution in [0.3, 0.4) is 0 Å². The van der Waals surface area contributed by atoms with Crippen molar-refractivity contribution in [2.24, 2.45) is 5.10 Å². The molecule has 2 amide bonds. The van der Waals surface area contributed by atoms with E-state index in [-0.39, 0.29) is 25.0 Å². The summed E-state index contributed by atoms with van der Waals surface area (Å²) in [6.07, 6.45) is 1.59. The highest BCUT2D eigenvalue weighted by atomic mass is 35.5. The Labute approximate surface area is 162 Å².